The molecule has 0 bridgehead atoms. The van der Waals surface area contributed by atoms with E-state index < -0.39 is 0 Å². The fourth-order valence-electron chi connectivity index (χ4n) is 1.04. The Morgan fingerprint density at radius 1 is 1.40 bits per heavy atom. The van der Waals surface area contributed by atoms with Crippen LogP contribution in [-0.2, 0) is 0 Å². The molecule has 2 N–H and O–H groups in total. The normalized spacial score (nSPS) is 11.2. The van der Waals surface area contributed by atoms with Gasteiger partial charge in [0.2, 0.25) is 0 Å². The molecule has 0 spiro atoms. The third kappa shape index (κ3) is 3.28. The largest absolute Gasteiger partial charge is 0.386 e. The zero-order chi connectivity index (χ0) is 11.3. The first kappa shape index (κ1) is 11.6. The van der Waals surface area contributed by atoms with E-state index in [1.807, 2.05) is 30.5 Å². The Hall–Kier alpha value is -1.49. The molecular formula is C10H14N4S. The van der Waals surface area contributed by atoms with Crippen LogP contribution in [0.3, 0.4) is 0 Å². The zero-order valence-corrected chi connectivity index (χ0v) is 9.66. The van der Waals surface area contributed by atoms with Gasteiger partial charge in [-0.2, -0.15) is 10.2 Å². The van der Waals surface area contributed by atoms with Gasteiger partial charge < -0.3 is 5.73 Å². The van der Waals surface area contributed by atoms with Crippen molar-refractivity contribution >= 4 is 30.0 Å². The molecular weight excluding hydrogens is 208 g/mol. The van der Waals surface area contributed by atoms with Crippen molar-refractivity contribution in [2.45, 2.75) is 11.8 Å². The van der Waals surface area contributed by atoms with Crippen LogP contribution in [0.25, 0.3) is 0 Å². The van der Waals surface area contributed by atoms with Crippen LogP contribution in [0.2, 0.25) is 0 Å². The lowest BCUT2D eigenvalue weighted by Crippen LogP contribution is -2.15. The average molecular weight is 222 g/mol. The Labute approximate surface area is 93.8 Å². The highest BCUT2D eigenvalue weighted by Gasteiger charge is 2.01. The Morgan fingerprint density at radius 3 is 2.40 bits per heavy atom. The van der Waals surface area contributed by atoms with Crippen LogP contribution in [-0.4, -0.2) is 18.8 Å². The molecule has 0 fully saturated rings. The summed E-state index contributed by atoms with van der Waals surface area (Å²) in [6, 6.07) is 7.85. The maximum Gasteiger partial charge on any atom is 0.119 e. The summed E-state index contributed by atoms with van der Waals surface area (Å²) in [4.78, 5) is 1.19. The maximum absolute atomic E-state index is 5.48. The van der Waals surface area contributed by atoms with E-state index >= 15 is 0 Å². The predicted octanol–water partition coefficient (Wildman–Crippen LogP) is 2.12. The van der Waals surface area contributed by atoms with E-state index in [0.29, 0.717) is 5.84 Å². The third-order valence-corrected chi connectivity index (χ3v) is 2.43. The lowest BCUT2D eigenvalue weighted by atomic mass is 10.3. The van der Waals surface area contributed by atoms with Crippen molar-refractivity contribution in [2.75, 3.05) is 11.4 Å². The third-order valence-electron chi connectivity index (χ3n) is 1.69. The van der Waals surface area contributed by atoms with E-state index in [1.54, 1.807) is 18.7 Å². The molecule has 15 heavy (non-hydrogen) atoms. The van der Waals surface area contributed by atoms with Crippen molar-refractivity contribution in [2.24, 2.45) is 15.9 Å². The van der Waals surface area contributed by atoms with Crippen molar-refractivity contribution in [3.63, 3.8) is 0 Å². The van der Waals surface area contributed by atoms with Crippen LogP contribution in [0.5, 0.6) is 0 Å². The minimum Gasteiger partial charge on any atom is -0.386 e. The van der Waals surface area contributed by atoms with E-state index in [9.17, 15) is 0 Å². The molecule has 80 valence electrons. The molecule has 0 amide bonds. The first-order valence-corrected chi connectivity index (χ1v) is 5.61. The van der Waals surface area contributed by atoms with Gasteiger partial charge in [0, 0.05) is 11.6 Å². The van der Waals surface area contributed by atoms with Gasteiger partial charge in [0.1, 0.15) is 5.84 Å². The fourth-order valence-corrected chi connectivity index (χ4v) is 1.44. The van der Waals surface area contributed by atoms with Gasteiger partial charge in [-0.15, -0.1) is 16.9 Å². The van der Waals surface area contributed by atoms with Crippen molar-refractivity contribution in [3.8, 4) is 0 Å². The lowest BCUT2D eigenvalue weighted by molar-refractivity contribution is 0.929. The number of thioether (sulfide) groups is 1. The first-order chi connectivity index (χ1) is 7.17. The molecule has 0 atom stereocenters. The molecule has 1 aromatic carbocycles. The number of nitrogens with two attached hydrogens (primary N) is 1. The highest BCUT2D eigenvalue weighted by atomic mass is 32.2. The van der Waals surface area contributed by atoms with Crippen LogP contribution in [0.1, 0.15) is 6.92 Å². The second-order valence-corrected chi connectivity index (χ2v) is 3.75. The van der Waals surface area contributed by atoms with Crippen molar-refractivity contribution < 1.29 is 0 Å². The summed E-state index contributed by atoms with van der Waals surface area (Å²) >= 11 is 1.69. The van der Waals surface area contributed by atoms with Crippen LogP contribution >= 0.6 is 11.8 Å². The smallest absolute Gasteiger partial charge is 0.119 e. The number of nitrogens with zero attached hydrogens (tertiary/aromatic N) is 3. The van der Waals surface area contributed by atoms with Gasteiger partial charge in [0.05, 0.1) is 5.69 Å². The molecule has 0 aliphatic rings. The Morgan fingerprint density at radius 2 is 2.00 bits per heavy atom. The van der Waals surface area contributed by atoms with Crippen LogP contribution < -0.4 is 10.9 Å². The van der Waals surface area contributed by atoms with Crippen LogP contribution in [0.15, 0.2) is 39.4 Å². The minimum absolute atomic E-state index is 0.441. The second kappa shape index (κ2) is 5.41. The Balaban J connectivity index is 2.93. The van der Waals surface area contributed by atoms with Crippen LogP contribution in [0.4, 0.5) is 5.69 Å². The summed E-state index contributed by atoms with van der Waals surface area (Å²) in [6.45, 7) is 5.14. The zero-order valence-electron chi connectivity index (χ0n) is 8.84. The molecule has 0 aromatic heterocycles. The molecule has 0 unspecified atom stereocenters. The number of rotatable bonds is 4. The van der Waals surface area contributed by atoms with E-state index in [1.165, 1.54) is 10.0 Å². The summed E-state index contributed by atoms with van der Waals surface area (Å²) in [7, 11) is 0. The number of anilines is 1. The molecule has 4 nitrogen and oxygen atoms in total. The van der Waals surface area contributed by atoms with E-state index in [-0.39, 0.29) is 0 Å². The van der Waals surface area contributed by atoms with E-state index in [4.69, 9.17) is 5.73 Å². The molecule has 0 aliphatic carbocycles. The van der Waals surface area contributed by atoms with Gasteiger partial charge in [-0.25, -0.2) is 0 Å². The van der Waals surface area contributed by atoms with Gasteiger partial charge in [-0.3, -0.25) is 0 Å². The Bertz CT molecular complexity index is 354. The monoisotopic (exact) mass is 222 g/mol. The van der Waals surface area contributed by atoms with Crippen molar-refractivity contribution in [3.05, 3.63) is 24.3 Å². The van der Waals surface area contributed by atoms with Gasteiger partial charge in [0.25, 0.3) is 0 Å². The molecule has 0 saturated heterocycles. The number of amidine groups is 1. The fraction of sp³-hybridized carbons (Fsp3) is 0.200. The summed E-state index contributed by atoms with van der Waals surface area (Å²) in [5, 5.41) is 9.18. The maximum atomic E-state index is 5.48. The molecule has 1 rings (SSSR count). The molecule has 5 heteroatoms. The topological polar surface area (TPSA) is 54.0 Å². The number of hydrogen-bond acceptors (Lipinski definition) is 4. The minimum atomic E-state index is 0.441. The highest BCUT2D eigenvalue weighted by Crippen LogP contribution is 2.20. The summed E-state index contributed by atoms with van der Waals surface area (Å²) in [5.74, 6) is 0.441. The second-order valence-electron chi connectivity index (χ2n) is 2.87. The highest BCUT2D eigenvalue weighted by molar-refractivity contribution is 7.98. The summed E-state index contributed by atoms with van der Waals surface area (Å²) in [5.41, 5.74) is 6.32. The predicted molar refractivity (Wildman–Crippen MR) is 67.5 cm³/mol. The average Bonchev–Trinajstić information content (AvgIpc) is 2.26. The van der Waals surface area contributed by atoms with E-state index in [2.05, 4.69) is 16.9 Å². The summed E-state index contributed by atoms with van der Waals surface area (Å²) in [6.07, 6.45) is 2.03. The number of benzene rings is 1. The van der Waals surface area contributed by atoms with Gasteiger partial charge in [-0.1, -0.05) is 0 Å². The van der Waals surface area contributed by atoms with Crippen molar-refractivity contribution in [1.82, 2.24) is 0 Å². The van der Waals surface area contributed by atoms with Crippen molar-refractivity contribution in [1.29, 1.82) is 0 Å². The molecule has 0 heterocycles. The SMILES string of the molecule is C=NN(/N=C(/C)N)c1ccc(SC)cc1. The number of hydrogen-bond donors (Lipinski definition) is 1. The number of hydrazone groups is 2. The van der Waals surface area contributed by atoms with Gasteiger partial charge in [-0.05, 0) is 37.4 Å². The first-order valence-electron chi connectivity index (χ1n) is 4.39. The quantitative estimate of drug-likeness (QED) is 0.367. The van der Waals surface area contributed by atoms with Gasteiger partial charge >= 0.3 is 0 Å². The molecule has 0 aliphatic heterocycles. The molecule has 0 radical (unpaired) electrons. The lowest BCUT2D eigenvalue weighted by Gasteiger charge is -2.12. The molecule has 0 saturated carbocycles. The molecule has 1 aromatic rings. The van der Waals surface area contributed by atoms with Gasteiger partial charge in [0.15, 0.2) is 0 Å². The standard InChI is InChI=1S/C10H14N4S/c1-8(11)13-14(12-2)9-4-6-10(15-3)7-5-9/h4-7H,2H2,1,3H3,(H2,11,13). The summed E-state index contributed by atoms with van der Waals surface area (Å²) < 4.78 is 0. The van der Waals surface area contributed by atoms with Crippen LogP contribution in [0, 0.1) is 0 Å². The Kier molecular flexibility index (Phi) is 4.17. The van der Waals surface area contributed by atoms with E-state index in [0.717, 1.165) is 5.69 Å².